The summed E-state index contributed by atoms with van der Waals surface area (Å²) in [5, 5.41) is 16.0. The number of carbonyl (C=O) groups is 2. The highest BCUT2D eigenvalue weighted by Crippen LogP contribution is 2.20. The molecule has 1 aliphatic rings. The molecule has 1 aromatic carbocycles. The number of rotatable bonds is 5. The number of piperazine rings is 1. The molecule has 0 atom stereocenters. The molecule has 2 aromatic rings. The number of hydrogen-bond acceptors (Lipinski definition) is 5. The summed E-state index contributed by atoms with van der Waals surface area (Å²) in [5.74, 6) is -3.39. The first kappa shape index (κ1) is 21.9. The zero-order chi connectivity index (χ0) is 20.7. The molecule has 1 saturated heterocycles. The van der Waals surface area contributed by atoms with E-state index >= 15 is 0 Å². The maximum atomic E-state index is 12.1. The lowest BCUT2D eigenvalue weighted by Crippen LogP contribution is -2.48. The third-order valence-corrected chi connectivity index (χ3v) is 6.51. The van der Waals surface area contributed by atoms with Crippen LogP contribution in [-0.4, -0.2) is 76.7 Å². The highest BCUT2D eigenvalue weighted by Gasteiger charge is 2.26. The Kier molecular flexibility index (Phi) is 7.55. The van der Waals surface area contributed by atoms with Crippen molar-refractivity contribution in [3.63, 3.8) is 0 Å². The van der Waals surface area contributed by atoms with Gasteiger partial charge in [0.1, 0.15) is 0 Å². The van der Waals surface area contributed by atoms with Crippen LogP contribution in [0.5, 0.6) is 0 Å². The van der Waals surface area contributed by atoms with E-state index in [1.54, 1.807) is 4.31 Å². The van der Waals surface area contributed by atoms with Crippen molar-refractivity contribution >= 4 is 32.9 Å². The monoisotopic (exact) mass is 411 g/mol. The van der Waals surface area contributed by atoms with Gasteiger partial charge in [0.25, 0.3) is 0 Å². The summed E-state index contributed by atoms with van der Waals surface area (Å²) < 4.78 is 25.8. The van der Waals surface area contributed by atoms with Crippen LogP contribution in [0.15, 0.2) is 30.5 Å². The Bertz CT molecular complexity index is 904. The number of aromatic nitrogens is 1. The molecular formula is C18H25N3O6S. The Balaban J connectivity index is 0.000000409. The molecular weight excluding hydrogens is 386 g/mol. The maximum Gasteiger partial charge on any atom is 0.414 e. The van der Waals surface area contributed by atoms with E-state index < -0.39 is 22.0 Å². The number of para-hydroxylation sites is 1. The topological polar surface area (TPSA) is 131 Å². The van der Waals surface area contributed by atoms with Gasteiger partial charge >= 0.3 is 11.9 Å². The van der Waals surface area contributed by atoms with E-state index in [9.17, 15) is 8.42 Å². The first-order chi connectivity index (χ1) is 13.2. The minimum absolute atomic E-state index is 0.259. The van der Waals surface area contributed by atoms with Crippen LogP contribution in [0.3, 0.4) is 0 Å². The molecule has 0 aliphatic carbocycles. The van der Waals surface area contributed by atoms with Crippen molar-refractivity contribution in [2.45, 2.75) is 19.9 Å². The fourth-order valence-corrected chi connectivity index (χ4v) is 4.55. The predicted octanol–water partition coefficient (Wildman–Crippen LogP) is 1.18. The van der Waals surface area contributed by atoms with E-state index in [2.05, 4.69) is 34.3 Å². The lowest BCUT2D eigenvalue weighted by atomic mass is 10.1. The molecule has 1 aliphatic heterocycles. The first-order valence-corrected chi connectivity index (χ1v) is 10.6. The van der Waals surface area contributed by atoms with Crippen LogP contribution in [0.4, 0.5) is 0 Å². The van der Waals surface area contributed by atoms with Gasteiger partial charge in [0.05, 0.1) is 5.75 Å². The van der Waals surface area contributed by atoms with Gasteiger partial charge in [-0.25, -0.2) is 18.0 Å². The third kappa shape index (κ3) is 5.78. The molecule has 28 heavy (non-hydrogen) atoms. The van der Waals surface area contributed by atoms with Crippen molar-refractivity contribution in [2.75, 3.05) is 31.9 Å². The normalized spacial score (nSPS) is 15.8. The van der Waals surface area contributed by atoms with Crippen molar-refractivity contribution in [2.24, 2.45) is 0 Å². The van der Waals surface area contributed by atoms with Crippen LogP contribution in [-0.2, 0) is 26.2 Å². The molecule has 0 amide bonds. The average molecular weight is 411 g/mol. The van der Waals surface area contributed by atoms with Gasteiger partial charge in [-0.15, -0.1) is 0 Å². The summed E-state index contributed by atoms with van der Waals surface area (Å²) in [6, 6.07) is 8.28. The second-order valence-electron chi connectivity index (χ2n) is 6.46. The minimum atomic E-state index is -3.05. The van der Waals surface area contributed by atoms with Crippen LogP contribution in [0.1, 0.15) is 18.9 Å². The number of aliphatic carboxylic acids is 2. The van der Waals surface area contributed by atoms with E-state index in [0.717, 1.165) is 25.2 Å². The van der Waals surface area contributed by atoms with Crippen LogP contribution in [0.2, 0.25) is 0 Å². The number of carboxylic acids is 2. The second-order valence-corrected chi connectivity index (χ2v) is 8.55. The number of carboxylic acid groups (broad SMARTS) is 2. The van der Waals surface area contributed by atoms with E-state index in [1.165, 1.54) is 10.9 Å². The molecule has 10 heteroatoms. The molecule has 0 saturated carbocycles. The van der Waals surface area contributed by atoms with E-state index in [4.69, 9.17) is 19.8 Å². The molecule has 1 aromatic heterocycles. The fraction of sp³-hybridized carbons (Fsp3) is 0.444. The smallest absolute Gasteiger partial charge is 0.414 e. The third-order valence-electron chi connectivity index (χ3n) is 4.44. The van der Waals surface area contributed by atoms with Crippen LogP contribution < -0.4 is 0 Å². The minimum Gasteiger partial charge on any atom is -0.473 e. The quantitative estimate of drug-likeness (QED) is 0.630. The second kappa shape index (κ2) is 9.67. The van der Waals surface area contributed by atoms with Crippen molar-refractivity contribution < 1.29 is 28.2 Å². The highest BCUT2D eigenvalue weighted by molar-refractivity contribution is 7.89. The zero-order valence-corrected chi connectivity index (χ0v) is 16.5. The van der Waals surface area contributed by atoms with E-state index in [0.29, 0.717) is 19.5 Å². The molecule has 0 radical (unpaired) electrons. The van der Waals surface area contributed by atoms with E-state index in [-0.39, 0.29) is 5.75 Å². The van der Waals surface area contributed by atoms with Gasteiger partial charge in [-0.3, -0.25) is 4.90 Å². The zero-order valence-electron chi connectivity index (χ0n) is 15.7. The van der Waals surface area contributed by atoms with Crippen molar-refractivity contribution in [3.05, 3.63) is 36.0 Å². The largest absolute Gasteiger partial charge is 0.473 e. The SMILES string of the molecule is CCCS(=O)(=O)N1CCN(Cc2c[nH]c3ccccc23)CC1.O=C(O)C(=O)O. The molecule has 1 fully saturated rings. The number of hydrogen-bond donors (Lipinski definition) is 3. The van der Waals surface area contributed by atoms with E-state index in [1.807, 2.05) is 13.0 Å². The number of benzene rings is 1. The molecule has 0 unspecified atom stereocenters. The Labute approximate surface area is 163 Å². The van der Waals surface area contributed by atoms with Crippen LogP contribution >= 0.6 is 0 Å². The van der Waals surface area contributed by atoms with Crippen molar-refractivity contribution in [1.82, 2.24) is 14.2 Å². The summed E-state index contributed by atoms with van der Waals surface area (Å²) in [5.41, 5.74) is 2.43. The number of sulfonamides is 1. The standard InChI is InChI=1S/C16H23N3O2S.C2H2O4/c1-2-11-22(20,21)19-9-7-18(8-10-19)13-14-12-17-16-6-4-3-5-15(14)16;3-1(4)2(5)6/h3-6,12,17H,2,7-11,13H2,1H3;(H,3,4)(H,5,6). The van der Waals surface area contributed by atoms with Gasteiger partial charge in [0.2, 0.25) is 10.0 Å². The summed E-state index contributed by atoms with van der Waals surface area (Å²) in [7, 11) is -3.05. The van der Waals surface area contributed by atoms with Crippen LogP contribution in [0.25, 0.3) is 10.9 Å². The predicted molar refractivity (Wildman–Crippen MR) is 104 cm³/mol. The molecule has 9 nitrogen and oxygen atoms in total. The Morgan fingerprint density at radius 2 is 1.68 bits per heavy atom. The number of aromatic amines is 1. The van der Waals surface area contributed by atoms with Gasteiger partial charge in [0, 0.05) is 49.8 Å². The number of H-pyrrole nitrogens is 1. The fourth-order valence-electron chi connectivity index (χ4n) is 3.06. The van der Waals surface area contributed by atoms with Gasteiger partial charge in [-0.1, -0.05) is 25.1 Å². The maximum absolute atomic E-state index is 12.1. The lowest BCUT2D eigenvalue weighted by molar-refractivity contribution is -0.159. The van der Waals surface area contributed by atoms with Crippen molar-refractivity contribution in [1.29, 1.82) is 0 Å². The molecule has 0 bridgehead atoms. The molecule has 3 rings (SSSR count). The molecule has 3 N–H and O–H groups in total. The van der Waals surface area contributed by atoms with Gasteiger partial charge in [-0.05, 0) is 18.1 Å². The Morgan fingerprint density at radius 3 is 2.25 bits per heavy atom. The van der Waals surface area contributed by atoms with Gasteiger partial charge in [0.15, 0.2) is 0 Å². The summed E-state index contributed by atoms with van der Waals surface area (Å²) in [6.45, 7) is 5.57. The van der Waals surface area contributed by atoms with Crippen LogP contribution in [0, 0.1) is 0 Å². The Hall–Kier alpha value is -2.43. The highest BCUT2D eigenvalue weighted by atomic mass is 32.2. The first-order valence-electron chi connectivity index (χ1n) is 8.96. The van der Waals surface area contributed by atoms with Crippen molar-refractivity contribution in [3.8, 4) is 0 Å². The molecule has 0 spiro atoms. The number of fused-ring (bicyclic) bond motifs is 1. The van der Waals surface area contributed by atoms with Gasteiger partial charge < -0.3 is 15.2 Å². The summed E-state index contributed by atoms with van der Waals surface area (Å²) >= 11 is 0. The van der Waals surface area contributed by atoms with Gasteiger partial charge in [-0.2, -0.15) is 4.31 Å². The number of nitrogens with zero attached hydrogens (tertiary/aromatic N) is 2. The molecule has 154 valence electrons. The average Bonchev–Trinajstić information content (AvgIpc) is 3.06. The molecule has 2 heterocycles. The number of nitrogens with one attached hydrogen (secondary N) is 1. The lowest BCUT2D eigenvalue weighted by Gasteiger charge is -2.33. The summed E-state index contributed by atoms with van der Waals surface area (Å²) in [4.78, 5) is 23.8. The Morgan fingerprint density at radius 1 is 1.07 bits per heavy atom. The summed E-state index contributed by atoms with van der Waals surface area (Å²) in [6.07, 6.45) is 2.74.